The SMILES string of the molecule is COCCOC(=O)c1ccc(N2C(=O)C(O)=C(c3ccc(F)cc3)C2=O)cc1. The van der Waals surface area contributed by atoms with Crippen LogP contribution in [0.3, 0.4) is 0 Å². The highest BCUT2D eigenvalue weighted by atomic mass is 19.1. The molecule has 2 aromatic rings. The van der Waals surface area contributed by atoms with Gasteiger partial charge in [0, 0.05) is 7.11 Å². The summed E-state index contributed by atoms with van der Waals surface area (Å²) < 4.78 is 22.9. The molecule has 0 spiro atoms. The number of methoxy groups -OCH3 is 1. The van der Waals surface area contributed by atoms with Gasteiger partial charge in [-0.05, 0) is 42.0 Å². The number of imide groups is 1. The summed E-state index contributed by atoms with van der Waals surface area (Å²) in [6.07, 6.45) is 0. The fourth-order valence-corrected chi connectivity index (χ4v) is 2.68. The van der Waals surface area contributed by atoms with Gasteiger partial charge >= 0.3 is 11.9 Å². The molecule has 2 aromatic carbocycles. The van der Waals surface area contributed by atoms with Crippen molar-refractivity contribution in [3.63, 3.8) is 0 Å². The normalized spacial score (nSPS) is 14.0. The first-order chi connectivity index (χ1) is 13.4. The van der Waals surface area contributed by atoms with Crippen molar-refractivity contribution >= 4 is 29.0 Å². The Labute approximate surface area is 159 Å². The van der Waals surface area contributed by atoms with Crippen molar-refractivity contribution in [3.8, 4) is 0 Å². The smallest absolute Gasteiger partial charge is 0.338 e. The average molecular weight is 385 g/mol. The summed E-state index contributed by atoms with van der Waals surface area (Å²) in [5.74, 6) is -3.45. The molecule has 3 rings (SSSR count). The summed E-state index contributed by atoms with van der Waals surface area (Å²) in [6.45, 7) is 0.358. The van der Waals surface area contributed by atoms with E-state index in [1.165, 1.54) is 43.5 Å². The molecular formula is C20H16FNO6. The van der Waals surface area contributed by atoms with Crippen molar-refractivity contribution in [1.29, 1.82) is 0 Å². The number of amides is 2. The lowest BCUT2D eigenvalue weighted by molar-refractivity contribution is -0.121. The number of esters is 1. The highest BCUT2D eigenvalue weighted by Gasteiger charge is 2.40. The van der Waals surface area contributed by atoms with Gasteiger partial charge in [0.25, 0.3) is 5.91 Å². The first-order valence-corrected chi connectivity index (χ1v) is 8.28. The van der Waals surface area contributed by atoms with E-state index in [1.54, 1.807) is 0 Å². The minimum atomic E-state index is -0.903. The monoisotopic (exact) mass is 385 g/mol. The first-order valence-electron chi connectivity index (χ1n) is 8.28. The van der Waals surface area contributed by atoms with Crippen LogP contribution in [0.1, 0.15) is 15.9 Å². The first kappa shape index (κ1) is 19.2. The number of nitrogens with zero attached hydrogens (tertiary/aromatic N) is 1. The second-order valence-electron chi connectivity index (χ2n) is 5.85. The minimum absolute atomic E-state index is 0.0962. The number of anilines is 1. The molecule has 0 radical (unpaired) electrons. The van der Waals surface area contributed by atoms with Crippen LogP contribution in [0, 0.1) is 5.82 Å². The Kier molecular flexibility index (Phi) is 5.51. The molecule has 8 heteroatoms. The van der Waals surface area contributed by atoms with Crippen LogP contribution < -0.4 is 4.90 Å². The van der Waals surface area contributed by atoms with Crippen LogP contribution in [0.25, 0.3) is 5.57 Å². The fraction of sp³-hybridized carbons (Fsp3) is 0.150. The third-order valence-corrected chi connectivity index (χ3v) is 4.07. The van der Waals surface area contributed by atoms with Crippen LogP contribution >= 0.6 is 0 Å². The maximum Gasteiger partial charge on any atom is 0.338 e. The zero-order valence-corrected chi connectivity index (χ0v) is 14.8. The number of rotatable bonds is 6. The van der Waals surface area contributed by atoms with Crippen LogP contribution in [0.2, 0.25) is 0 Å². The van der Waals surface area contributed by atoms with Crippen LogP contribution in [0.5, 0.6) is 0 Å². The van der Waals surface area contributed by atoms with E-state index in [9.17, 15) is 23.9 Å². The molecule has 2 amide bonds. The molecular weight excluding hydrogens is 369 g/mol. The van der Waals surface area contributed by atoms with E-state index in [0.717, 1.165) is 17.0 Å². The van der Waals surface area contributed by atoms with E-state index in [0.29, 0.717) is 0 Å². The topological polar surface area (TPSA) is 93.1 Å². The number of hydrogen-bond donors (Lipinski definition) is 1. The van der Waals surface area contributed by atoms with Crippen LogP contribution in [-0.2, 0) is 19.1 Å². The van der Waals surface area contributed by atoms with Gasteiger partial charge in [-0.25, -0.2) is 14.1 Å². The highest BCUT2D eigenvalue weighted by Crippen LogP contribution is 2.32. The quantitative estimate of drug-likeness (QED) is 0.467. The molecule has 0 fully saturated rings. The van der Waals surface area contributed by atoms with Gasteiger partial charge in [-0.3, -0.25) is 9.59 Å². The molecule has 28 heavy (non-hydrogen) atoms. The van der Waals surface area contributed by atoms with Gasteiger partial charge in [-0.15, -0.1) is 0 Å². The largest absolute Gasteiger partial charge is 0.502 e. The highest BCUT2D eigenvalue weighted by molar-refractivity contribution is 6.44. The van der Waals surface area contributed by atoms with E-state index >= 15 is 0 Å². The molecule has 1 aliphatic heterocycles. The van der Waals surface area contributed by atoms with Crippen molar-refractivity contribution < 1.29 is 33.4 Å². The molecule has 144 valence electrons. The Morgan fingerprint density at radius 2 is 1.64 bits per heavy atom. The Balaban J connectivity index is 1.81. The van der Waals surface area contributed by atoms with Crippen LogP contribution in [0.4, 0.5) is 10.1 Å². The molecule has 7 nitrogen and oxygen atoms in total. The second kappa shape index (κ2) is 8.01. The van der Waals surface area contributed by atoms with Crippen molar-refractivity contribution in [2.75, 3.05) is 25.2 Å². The minimum Gasteiger partial charge on any atom is -0.502 e. The lowest BCUT2D eigenvalue weighted by Crippen LogP contribution is -2.31. The summed E-state index contributed by atoms with van der Waals surface area (Å²) in [5, 5.41) is 10.1. The van der Waals surface area contributed by atoms with Gasteiger partial charge in [-0.1, -0.05) is 12.1 Å². The third kappa shape index (κ3) is 3.63. The van der Waals surface area contributed by atoms with Crippen molar-refractivity contribution in [2.24, 2.45) is 0 Å². The van der Waals surface area contributed by atoms with Crippen LogP contribution in [0.15, 0.2) is 54.3 Å². The lowest BCUT2D eigenvalue weighted by atomic mass is 10.1. The molecule has 0 unspecified atom stereocenters. The summed E-state index contributed by atoms with van der Waals surface area (Å²) in [6, 6.07) is 10.4. The summed E-state index contributed by atoms with van der Waals surface area (Å²) in [5.41, 5.74) is 0.410. The van der Waals surface area contributed by atoms with Gasteiger partial charge in [0.05, 0.1) is 23.4 Å². The van der Waals surface area contributed by atoms with E-state index in [-0.39, 0.29) is 35.6 Å². The maximum atomic E-state index is 13.1. The molecule has 0 bridgehead atoms. The van der Waals surface area contributed by atoms with Crippen molar-refractivity contribution in [1.82, 2.24) is 0 Å². The van der Waals surface area contributed by atoms with E-state index < -0.39 is 29.4 Å². The molecule has 1 N–H and O–H groups in total. The number of aliphatic hydroxyl groups excluding tert-OH is 1. The molecule has 1 aliphatic rings. The maximum absolute atomic E-state index is 13.1. The molecule has 1 heterocycles. The molecule has 0 saturated heterocycles. The predicted octanol–water partition coefficient (Wildman–Crippen LogP) is 2.47. The van der Waals surface area contributed by atoms with Gasteiger partial charge in [-0.2, -0.15) is 0 Å². The zero-order valence-electron chi connectivity index (χ0n) is 14.8. The number of carbonyl (C=O) groups excluding carboxylic acids is 3. The van der Waals surface area contributed by atoms with Crippen molar-refractivity contribution in [3.05, 3.63) is 71.2 Å². The van der Waals surface area contributed by atoms with Crippen molar-refractivity contribution in [2.45, 2.75) is 0 Å². The summed E-state index contributed by atoms with van der Waals surface area (Å²) in [4.78, 5) is 37.8. The van der Waals surface area contributed by atoms with Gasteiger partial charge in [0.2, 0.25) is 0 Å². The third-order valence-electron chi connectivity index (χ3n) is 4.07. The second-order valence-corrected chi connectivity index (χ2v) is 5.85. The average Bonchev–Trinajstić information content (AvgIpc) is 2.92. The number of ether oxygens (including phenoxy) is 2. The van der Waals surface area contributed by atoms with E-state index in [1.807, 2.05) is 0 Å². The van der Waals surface area contributed by atoms with Crippen LogP contribution in [-0.4, -0.2) is 43.2 Å². The van der Waals surface area contributed by atoms with Gasteiger partial charge in [0.15, 0.2) is 5.76 Å². The molecule has 0 atom stereocenters. The Morgan fingerprint density at radius 1 is 1.00 bits per heavy atom. The molecule has 0 aromatic heterocycles. The summed E-state index contributed by atoms with van der Waals surface area (Å²) >= 11 is 0. The Hall–Kier alpha value is -3.52. The van der Waals surface area contributed by atoms with Gasteiger partial charge in [0.1, 0.15) is 12.4 Å². The number of hydrogen-bond acceptors (Lipinski definition) is 6. The summed E-state index contributed by atoms with van der Waals surface area (Å²) in [7, 11) is 1.48. The fourth-order valence-electron chi connectivity index (χ4n) is 2.68. The number of aliphatic hydroxyl groups is 1. The van der Waals surface area contributed by atoms with Gasteiger partial charge < -0.3 is 14.6 Å². The lowest BCUT2D eigenvalue weighted by Gasteiger charge is -2.15. The number of halogens is 1. The molecule has 0 saturated carbocycles. The Morgan fingerprint density at radius 3 is 2.25 bits per heavy atom. The zero-order chi connectivity index (χ0) is 20.3. The number of benzene rings is 2. The predicted molar refractivity (Wildman–Crippen MR) is 97.0 cm³/mol. The Bertz CT molecular complexity index is 950. The van der Waals surface area contributed by atoms with E-state index in [4.69, 9.17) is 9.47 Å². The van der Waals surface area contributed by atoms with E-state index in [2.05, 4.69) is 0 Å². The molecule has 0 aliphatic carbocycles. The number of carbonyl (C=O) groups is 3. The standard InChI is InChI=1S/C20H16FNO6/c1-27-10-11-28-20(26)13-4-8-15(9-5-13)22-18(24)16(17(23)19(22)25)12-2-6-14(21)7-3-12/h2-9,23H,10-11H2,1H3.